The average Bonchev–Trinajstić information content (AvgIpc) is 3.13. The van der Waals surface area contributed by atoms with E-state index in [2.05, 4.69) is 127 Å². The van der Waals surface area contributed by atoms with Crippen molar-refractivity contribution in [1.82, 2.24) is 15.0 Å². The zero-order valence-corrected chi connectivity index (χ0v) is 32.0. The number of hydrogen-bond acceptors (Lipinski definition) is 3. The minimum Gasteiger partial charge on any atom is -0.248 e. The Morgan fingerprint density at radius 1 is 0.367 bits per heavy atom. The first-order valence-corrected chi connectivity index (χ1v) is 21.6. The van der Waals surface area contributed by atoms with Crippen LogP contribution in [-0.2, 0) is 20.1 Å². The predicted octanol–water partition coefficient (Wildman–Crippen LogP) is 6.49. The maximum Gasteiger partial charge on any atom is 3.00 e. The first-order chi connectivity index (χ1) is 23.7. The molecule has 7 heterocycles. The Kier molecular flexibility index (Phi) is 8.69. The summed E-state index contributed by atoms with van der Waals surface area (Å²) in [4.78, 5) is 16.7. The summed E-state index contributed by atoms with van der Waals surface area (Å²) < 4.78 is 0. The number of hydrogen-bond donors (Lipinski definition) is 0. The Labute approximate surface area is 306 Å². The van der Waals surface area contributed by atoms with Crippen molar-refractivity contribution >= 4 is 56.4 Å². The summed E-state index contributed by atoms with van der Waals surface area (Å²) in [6, 6.07) is 53.1. The minimum atomic E-state index is -0.788. The van der Waals surface area contributed by atoms with Crippen LogP contribution in [0.5, 0.6) is 0 Å². The molecular weight excluding hydrogens is 832 g/mol. The van der Waals surface area contributed by atoms with E-state index in [1.807, 2.05) is 0 Å². The zero-order valence-electron chi connectivity index (χ0n) is 26.9. The van der Waals surface area contributed by atoms with Gasteiger partial charge in [0.2, 0.25) is 0 Å². The number of benzene rings is 3. The molecule has 3 nitrogen and oxygen atoms in total. The molecule has 0 saturated carbocycles. The molecule has 0 fully saturated rings. The van der Waals surface area contributed by atoms with Crippen LogP contribution in [0.25, 0.3) is 0 Å². The van der Waals surface area contributed by atoms with Crippen LogP contribution < -0.4 is 32.6 Å². The van der Waals surface area contributed by atoms with Crippen molar-refractivity contribution in [3.05, 3.63) is 161 Å². The molecule has 7 heteroatoms. The molecule has 5 aliphatic rings. The van der Waals surface area contributed by atoms with Gasteiger partial charge in [-0.3, -0.25) is 0 Å². The molecule has 0 radical (unpaired) electrons. The van der Waals surface area contributed by atoms with Gasteiger partial charge in [0, 0.05) is 0 Å². The molecule has 0 atom stereocenters. The summed E-state index contributed by atoms with van der Waals surface area (Å²) in [6.45, 7) is 0. The molecule has 11 rings (SSSR count). The maximum atomic E-state index is 5.58. The van der Waals surface area contributed by atoms with Crippen molar-refractivity contribution in [3.63, 3.8) is 0 Å². The molecule has 0 unspecified atom stereocenters. The van der Waals surface area contributed by atoms with Gasteiger partial charge in [0.1, 0.15) is 0 Å². The second-order valence-corrected chi connectivity index (χ2v) is 19.9. The first-order valence-electron chi connectivity index (χ1n) is 17.1. The molecule has 4 aliphatic heterocycles. The van der Waals surface area contributed by atoms with Gasteiger partial charge in [-0.05, 0) is 116 Å². The van der Waals surface area contributed by atoms with Crippen molar-refractivity contribution in [2.24, 2.45) is 0 Å². The Balaban J connectivity index is 0.00000325. The Morgan fingerprint density at radius 3 is 0.837 bits per heavy atom. The number of pyridine rings is 3. The fourth-order valence-electron chi connectivity index (χ4n) is 8.12. The smallest absolute Gasteiger partial charge is 0.248 e. The van der Waals surface area contributed by atoms with Crippen LogP contribution in [0.2, 0.25) is 0 Å². The van der Waals surface area contributed by atoms with E-state index in [0.29, 0.717) is 0 Å². The predicted molar refractivity (Wildman–Crippen MR) is 201 cm³/mol. The van der Waals surface area contributed by atoms with Gasteiger partial charge in [0.25, 0.3) is 0 Å². The molecule has 18 bridgehead atoms. The van der Waals surface area contributed by atoms with Crippen molar-refractivity contribution < 1.29 is 20.1 Å². The number of aromatic nitrogens is 3. The molecule has 0 saturated heterocycles. The van der Waals surface area contributed by atoms with Gasteiger partial charge in [-0.1, -0.05) is 18.2 Å². The van der Waals surface area contributed by atoms with E-state index < -0.39 is 23.8 Å². The second-order valence-electron chi connectivity index (χ2n) is 13.2. The average molecular weight is 865 g/mol. The largest absolute Gasteiger partial charge is 3.00 e. The molecule has 3 aromatic carbocycles. The molecule has 0 N–H and O–H groups in total. The minimum absolute atomic E-state index is 0. The molecule has 240 valence electrons. The van der Waals surface area contributed by atoms with E-state index in [-0.39, 0.29) is 37.9 Å². The van der Waals surface area contributed by atoms with Crippen LogP contribution >= 0.6 is 23.8 Å². The monoisotopic (exact) mass is 865 g/mol. The van der Waals surface area contributed by atoms with Crippen LogP contribution in [0, 0.1) is 18.2 Å². The van der Waals surface area contributed by atoms with E-state index in [0.717, 1.165) is 37.7 Å². The third kappa shape index (κ3) is 5.79. The number of nitrogens with zero attached hydrogens (tertiary/aromatic N) is 3. The summed E-state index contributed by atoms with van der Waals surface area (Å²) in [5.41, 5.74) is 14.8. The van der Waals surface area contributed by atoms with Gasteiger partial charge in [0.15, 0.2) is 0 Å². The van der Waals surface area contributed by atoms with Crippen molar-refractivity contribution in [2.75, 3.05) is 18.5 Å². The van der Waals surface area contributed by atoms with E-state index in [9.17, 15) is 0 Å². The Morgan fingerprint density at radius 2 is 0.592 bits per heavy atom. The van der Waals surface area contributed by atoms with Crippen LogP contribution in [0.4, 0.5) is 0 Å². The number of fused-ring (bicyclic) bond motifs is 3. The molecule has 49 heavy (non-hydrogen) atoms. The third-order valence-electron chi connectivity index (χ3n) is 10.5. The Bertz CT molecular complexity index is 1670. The quantitative estimate of drug-likeness (QED) is 0.130. The second kappa shape index (κ2) is 13.3. The van der Waals surface area contributed by atoms with Gasteiger partial charge in [-0.15, -0.1) is 0 Å². The number of rotatable bonds is 0. The summed E-state index contributed by atoms with van der Waals surface area (Å²) in [5.74, 6) is 0.562. The maximum absolute atomic E-state index is 5.58. The van der Waals surface area contributed by atoms with Crippen LogP contribution in [0.3, 0.4) is 0 Å². The molecule has 6 aromatic rings. The van der Waals surface area contributed by atoms with Crippen LogP contribution in [0.1, 0.15) is 70.4 Å². The molecule has 3 aromatic heterocycles. The van der Waals surface area contributed by atoms with Crippen molar-refractivity contribution in [1.29, 1.82) is 0 Å². The fraction of sp³-hybridized carbons (Fsp3) is 0.214. The molecule has 0 amide bonds. The topological polar surface area (TPSA) is 38.7 Å². The van der Waals surface area contributed by atoms with E-state index in [1.54, 1.807) is 0 Å². The summed E-state index contributed by atoms with van der Waals surface area (Å²) in [7, 11) is -2.36. The van der Waals surface area contributed by atoms with E-state index in [4.69, 9.17) is 15.0 Å². The van der Waals surface area contributed by atoms with Gasteiger partial charge >= 0.3 is 20.1 Å². The summed E-state index contributed by atoms with van der Waals surface area (Å²) in [6.07, 6.45) is 5.97. The normalized spacial score (nSPS) is 24.5. The molecule has 1 aliphatic carbocycles. The first kappa shape index (κ1) is 32.0. The van der Waals surface area contributed by atoms with Gasteiger partial charge in [-0.2, -0.15) is 106 Å². The van der Waals surface area contributed by atoms with Crippen LogP contribution in [-0.4, -0.2) is 33.4 Å². The van der Waals surface area contributed by atoms with E-state index >= 15 is 0 Å². The molecule has 0 spiro atoms. The van der Waals surface area contributed by atoms with Crippen LogP contribution in [0.15, 0.2) is 109 Å². The molecular formula is C42H33IrN3P3. The third-order valence-corrected chi connectivity index (χ3v) is 17.4. The summed E-state index contributed by atoms with van der Waals surface area (Å²) >= 11 is 0. The van der Waals surface area contributed by atoms with Gasteiger partial charge in [-0.25, -0.2) is 15.0 Å². The SMILES string of the molecule is [Ir+3].[c-]1c2cccc1C1CCP3c4cccc(n4)P4CCC2c2[c-]c(ccc2)C(CCP(c2cccc4n2)c2cccc3n2)c2[c-]c1ccc2. The van der Waals surface area contributed by atoms with Gasteiger partial charge < -0.3 is 0 Å². The van der Waals surface area contributed by atoms with Crippen molar-refractivity contribution in [2.45, 2.75) is 37.0 Å². The van der Waals surface area contributed by atoms with Gasteiger partial charge in [0.05, 0.1) is 32.6 Å². The van der Waals surface area contributed by atoms with E-state index in [1.165, 1.54) is 66.0 Å². The summed E-state index contributed by atoms with van der Waals surface area (Å²) in [5, 5.41) is 0. The Hall–Kier alpha value is -2.95. The van der Waals surface area contributed by atoms with Crippen molar-refractivity contribution in [3.8, 4) is 0 Å². The standard InChI is InChI=1S/C42H33N3P3.Ir/c1-7-28-25-29(8-1)35-20-23-47-38-14-4-13-37(43-38)46-22-19-34(28)30-9-2-11-32(26-30)36(33-12-3-10-31(35)27-33)21-24-48(41-17-5-15-39(46)44-41)42-18-6-16-40(47)45-42;/h1-18,34-36H,19-24H2;/q-3;+3. The fourth-order valence-corrected chi connectivity index (χ4v) is 15.0. The zero-order chi connectivity index (χ0) is 31.6.